The van der Waals surface area contributed by atoms with Crippen LogP contribution in [0.15, 0.2) is 18.3 Å². The normalized spacial score (nSPS) is 19.7. The van der Waals surface area contributed by atoms with E-state index in [1.165, 1.54) is 0 Å². The Bertz CT molecular complexity index is 564. The lowest BCUT2D eigenvalue weighted by molar-refractivity contribution is 0.480. The fourth-order valence-electron chi connectivity index (χ4n) is 2.33. The highest BCUT2D eigenvalue weighted by Crippen LogP contribution is 2.18. The van der Waals surface area contributed by atoms with Crippen molar-refractivity contribution in [1.82, 2.24) is 25.5 Å². The summed E-state index contributed by atoms with van der Waals surface area (Å²) in [7, 11) is 0. The Morgan fingerprint density at radius 1 is 1.42 bits per heavy atom. The van der Waals surface area contributed by atoms with E-state index in [4.69, 9.17) is 0 Å². The number of nitrogens with zero attached hydrogens (tertiary/aromatic N) is 4. The molecule has 2 aromatic rings. The maximum absolute atomic E-state index is 4.58. The molecule has 0 spiro atoms. The van der Waals surface area contributed by atoms with Gasteiger partial charge in [0, 0.05) is 43.1 Å². The van der Waals surface area contributed by atoms with Crippen molar-refractivity contribution < 1.29 is 0 Å². The first-order valence-electron chi connectivity index (χ1n) is 6.56. The van der Waals surface area contributed by atoms with E-state index in [1.54, 1.807) is 6.20 Å². The summed E-state index contributed by atoms with van der Waals surface area (Å²) in [6.45, 7) is 6.99. The molecule has 0 bridgehead atoms. The second-order valence-electron chi connectivity index (χ2n) is 4.97. The van der Waals surface area contributed by atoms with Crippen molar-refractivity contribution in [1.29, 1.82) is 0 Å². The van der Waals surface area contributed by atoms with Gasteiger partial charge in [-0.05, 0) is 26.0 Å². The maximum Gasteiger partial charge on any atom is 0.245 e. The highest BCUT2D eigenvalue weighted by Gasteiger charge is 2.19. The van der Waals surface area contributed by atoms with Crippen LogP contribution in [-0.4, -0.2) is 45.8 Å². The number of pyridine rings is 1. The molecule has 2 N–H and O–H groups in total. The average Bonchev–Trinajstić information content (AvgIpc) is 2.88. The SMILES string of the molecule is Cc1cc(-c2nc(N3CCNC(C)C3)n[nH]2)ccn1. The molecule has 0 amide bonds. The fraction of sp³-hybridized carbons (Fsp3) is 0.462. The van der Waals surface area contributed by atoms with E-state index in [1.807, 2.05) is 19.1 Å². The zero-order valence-electron chi connectivity index (χ0n) is 11.2. The summed E-state index contributed by atoms with van der Waals surface area (Å²) in [5.41, 5.74) is 2.00. The lowest BCUT2D eigenvalue weighted by Crippen LogP contribution is -2.49. The maximum atomic E-state index is 4.58. The average molecular weight is 258 g/mol. The summed E-state index contributed by atoms with van der Waals surface area (Å²) < 4.78 is 0. The monoisotopic (exact) mass is 258 g/mol. The Labute approximate surface area is 112 Å². The Hall–Kier alpha value is -1.95. The molecule has 1 unspecified atom stereocenters. The summed E-state index contributed by atoms with van der Waals surface area (Å²) in [6.07, 6.45) is 1.79. The van der Waals surface area contributed by atoms with Crippen molar-refractivity contribution in [2.24, 2.45) is 0 Å². The van der Waals surface area contributed by atoms with E-state index in [0.29, 0.717) is 6.04 Å². The minimum atomic E-state index is 0.471. The topological polar surface area (TPSA) is 69.7 Å². The molecule has 2 aromatic heterocycles. The van der Waals surface area contributed by atoms with Gasteiger partial charge in [-0.1, -0.05) is 0 Å². The second kappa shape index (κ2) is 4.97. The molecule has 1 saturated heterocycles. The van der Waals surface area contributed by atoms with Crippen LogP contribution in [0, 0.1) is 6.92 Å². The van der Waals surface area contributed by atoms with E-state index in [2.05, 4.69) is 37.3 Å². The minimum absolute atomic E-state index is 0.471. The molecule has 0 saturated carbocycles. The highest BCUT2D eigenvalue weighted by atomic mass is 15.4. The van der Waals surface area contributed by atoms with Crippen LogP contribution in [0.3, 0.4) is 0 Å². The first-order valence-corrected chi connectivity index (χ1v) is 6.56. The summed E-state index contributed by atoms with van der Waals surface area (Å²) in [4.78, 5) is 11.0. The zero-order valence-corrected chi connectivity index (χ0v) is 11.2. The molecular formula is C13H18N6. The summed E-state index contributed by atoms with van der Waals surface area (Å²) in [5, 5.41) is 10.7. The molecule has 3 rings (SSSR count). The third-order valence-corrected chi connectivity index (χ3v) is 3.30. The van der Waals surface area contributed by atoms with Crippen molar-refractivity contribution in [3.63, 3.8) is 0 Å². The molecule has 19 heavy (non-hydrogen) atoms. The molecule has 6 heteroatoms. The Balaban J connectivity index is 1.83. The molecule has 3 heterocycles. The van der Waals surface area contributed by atoms with Crippen LogP contribution in [0.1, 0.15) is 12.6 Å². The van der Waals surface area contributed by atoms with Gasteiger partial charge in [-0.15, -0.1) is 5.10 Å². The third-order valence-electron chi connectivity index (χ3n) is 3.30. The van der Waals surface area contributed by atoms with Gasteiger partial charge in [-0.3, -0.25) is 10.1 Å². The van der Waals surface area contributed by atoms with Crippen LogP contribution in [0.5, 0.6) is 0 Å². The van der Waals surface area contributed by atoms with E-state index < -0.39 is 0 Å². The van der Waals surface area contributed by atoms with Crippen LogP contribution in [-0.2, 0) is 0 Å². The number of hydrogen-bond donors (Lipinski definition) is 2. The number of rotatable bonds is 2. The van der Waals surface area contributed by atoms with Gasteiger partial charge < -0.3 is 10.2 Å². The van der Waals surface area contributed by atoms with Crippen LogP contribution >= 0.6 is 0 Å². The van der Waals surface area contributed by atoms with Gasteiger partial charge in [-0.2, -0.15) is 4.98 Å². The molecule has 6 nitrogen and oxygen atoms in total. The quantitative estimate of drug-likeness (QED) is 0.840. The van der Waals surface area contributed by atoms with Crippen molar-refractivity contribution >= 4 is 5.95 Å². The smallest absolute Gasteiger partial charge is 0.245 e. The van der Waals surface area contributed by atoms with Gasteiger partial charge in [0.15, 0.2) is 5.82 Å². The first-order chi connectivity index (χ1) is 9.22. The number of anilines is 1. The van der Waals surface area contributed by atoms with Crippen LogP contribution in [0.25, 0.3) is 11.4 Å². The van der Waals surface area contributed by atoms with Crippen molar-refractivity contribution in [2.75, 3.05) is 24.5 Å². The summed E-state index contributed by atoms with van der Waals surface area (Å²) in [6, 6.07) is 4.42. The first kappa shape index (κ1) is 12.1. The molecule has 0 aromatic carbocycles. The van der Waals surface area contributed by atoms with Gasteiger partial charge in [0.05, 0.1) is 0 Å². The predicted octanol–water partition coefficient (Wildman–Crippen LogP) is 0.973. The molecule has 1 fully saturated rings. The second-order valence-corrected chi connectivity index (χ2v) is 4.97. The minimum Gasteiger partial charge on any atom is -0.337 e. The number of aromatic amines is 1. The Morgan fingerprint density at radius 2 is 2.32 bits per heavy atom. The fourth-order valence-corrected chi connectivity index (χ4v) is 2.33. The largest absolute Gasteiger partial charge is 0.337 e. The van der Waals surface area contributed by atoms with Crippen molar-refractivity contribution in [3.05, 3.63) is 24.0 Å². The molecule has 100 valence electrons. The van der Waals surface area contributed by atoms with E-state index in [0.717, 1.165) is 42.7 Å². The van der Waals surface area contributed by atoms with E-state index in [9.17, 15) is 0 Å². The molecular weight excluding hydrogens is 240 g/mol. The Morgan fingerprint density at radius 3 is 3.11 bits per heavy atom. The molecule has 1 atom stereocenters. The molecule has 1 aliphatic heterocycles. The van der Waals surface area contributed by atoms with Crippen LogP contribution in [0.2, 0.25) is 0 Å². The third kappa shape index (κ3) is 2.58. The van der Waals surface area contributed by atoms with Crippen LogP contribution < -0.4 is 10.2 Å². The number of H-pyrrole nitrogens is 1. The highest BCUT2D eigenvalue weighted by molar-refractivity contribution is 5.56. The van der Waals surface area contributed by atoms with Crippen molar-refractivity contribution in [2.45, 2.75) is 19.9 Å². The lowest BCUT2D eigenvalue weighted by Gasteiger charge is -2.30. The van der Waals surface area contributed by atoms with Gasteiger partial charge in [-0.25, -0.2) is 0 Å². The van der Waals surface area contributed by atoms with E-state index in [-0.39, 0.29) is 0 Å². The van der Waals surface area contributed by atoms with Gasteiger partial charge in [0.25, 0.3) is 0 Å². The molecule has 1 aliphatic rings. The van der Waals surface area contributed by atoms with E-state index >= 15 is 0 Å². The summed E-state index contributed by atoms with van der Waals surface area (Å²) >= 11 is 0. The van der Waals surface area contributed by atoms with Gasteiger partial charge >= 0.3 is 0 Å². The van der Waals surface area contributed by atoms with Crippen molar-refractivity contribution in [3.8, 4) is 11.4 Å². The van der Waals surface area contributed by atoms with Gasteiger partial charge in [0.2, 0.25) is 5.95 Å². The van der Waals surface area contributed by atoms with Crippen LogP contribution in [0.4, 0.5) is 5.95 Å². The number of nitrogens with one attached hydrogen (secondary N) is 2. The standard InChI is InChI=1S/C13H18N6/c1-9-7-11(3-4-14-9)12-16-13(18-17-12)19-6-5-15-10(2)8-19/h3-4,7,10,15H,5-6,8H2,1-2H3,(H,16,17,18). The number of hydrogen-bond acceptors (Lipinski definition) is 5. The number of aromatic nitrogens is 4. The molecule has 0 radical (unpaired) electrons. The molecule has 0 aliphatic carbocycles. The van der Waals surface area contributed by atoms with Gasteiger partial charge in [0.1, 0.15) is 0 Å². The lowest BCUT2D eigenvalue weighted by atomic mass is 10.2. The summed E-state index contributed by atoms with van der Waals surface area (Å²) in [5.74, 6) is 1.57. The predicted molar refractivity (Wildman–Crippen MR) is 74.0 cm³/mol. The Kier molecular flexibility index (Phi) is 3.16. The number of aryl methyl sites for hydroxylation is 1. The zero-order chi connectivity index (χ0) is 13.2. The number of piperazine rings is 1.